The lowest BCUT2D eigenvalue weighted by molar-refractivity contribution is -0.133. The molecule has 116 valence electrons. The zero-order valence-electron chi connectivity index (χ0n) is 12.0. The Bertz CT molecular complexity index is 489. The Labute approximate surface area is 129 Å². The summed E-state index contributed by atoms with van der Waals surface area (Å²) in [5.74, 6) is -1.66. The molecular formula is C16H20ClF2NO. The number of hydrogen-bond donors (Lipinski definition) is 0. The molecule has 0 spiro atoms. The number of rotatable bonds is 5. The van der Waals surface area contributed by atoms with E-state index < -0.39 is 11.6 Å². The molecule has 0 N–H and O–H groups in total. The Hall–Kier alpha value is -1.16. The molecule has 21 heavy (non-hydrogen) atoms. The molecule has 0 saturated heterocycles. The van der Waals surface area contributed by atoms with Gasteiger partial charge in [0.05, 0.1) is 6.42 Å². The molecule has 0 atom stereocenters. The van der Waals surface area contributed by atoms with Crippen LogP contribution in [0.1, 0.15) is 37.7 Å². The largest absolute Gasteiger partial charge is 0.338 e. The molecule has 1 fully saturated rings. The van der Waals surface area contributed by atoms with Crippen molar-refractivity contribution in [3.8, 4) is 0 Å². The minimum absolute atomic E-state index is 0.107. The fraction of sp³-hybridized carbons (Fsp3) is 0.562. The van der Waals surface area contributed by atoms with E-state index in [4.69, 9.17) is 11.6 Å². The fourth-order valence-electron chi connectivity index (χ4n) is 2.94. The number of carbonyl (C=O) groups excluding carboxylic acids is 1. The van der Waals surface area contributed by atoms with Crippen LogP contribution in [0.3, 0.4) is 0 Å². The fourth-order valence-corrected chi connectivity index (χ4v) is 3.13. The minimum Gasteiger partial charge on any atom is -0.338 e. The summed E-state index contributed by atoms with van der Waals surface area (Å²) < 4.78 is 26.9. The lowest BCUT2D eigenvalue weighted by atomic mass is 9.93. The van der Waals surface area contributed by atoms with Crippen molar-refractivity contribution in [2.24, 2.45) is 0 Å². The summed E-state index contributed by atoms with van der Waals surface area (Å²) in [6.45, 7) is 0.460. The van der Waals surface area contributed by atoms with Gasteiger partial charge in [0.25, 0.3) is 0 Å². The van der Waals surface area contributed by atoms with E-state index in [-0.39, 0.29) is 23.9 Å². The first-order chi connectivity index (χ1) is 10.1. The van der Waals surface area contributed by atoms with Crippen LogP contribution < -0.4 is 0 Å². The van der Waals surface area contributed by atoms with E-state index in [0.717, 1.165) is 31.7 Å². The van der Waals surface area contributed by atoms with E-state index in [1.807, 2.05) is 0 Å². The number of amides is 1. The van der Waals surface area contributed by atoms with Gasteiger partial charge in [-0.2, -0.15) is 0 Å². The highest BCUT2D eigenvalue weighted by atomic mass is 35.5. The van der Waals surface area contributed by atoms with Gasteiger partial charge in [0.2, 0.25) is 5.91 Å². The van der Waals surface area contributed by atoms with Gasteiger partial charge in [-0.25, -0.2) is 8.78 Å². The molecule has 0 unspecified atom stereocenters. The van der Waals surface area contributed by atoms with Crippen molar-refractivity contribution >= 4 is 17.5 Å². The zero-order valence-corrected chi connectivity index (χ0v) is 12.7. The van der Waals surface area contributed by atoms with Crippen LogP contribution in [-0.4, -0.2) is 29.3 Å². The first-order valence-electron chi connectivity index (χ1n) is 7.42. The summed E-state index contributed by atoms with van der Waals surface area (Å²) in [5.41, 5.74) is 0.107. The predicted molar refractivity (Wildman–Crippen MR) is 79.4 cm³/mol. The number of nitrogens with zero attached hydrogens (tertiary/aromatic N) is 1. The third kappa shape index (κ3) is 4.16. The smallest absolute Gasteiger partial charge is 0.227 e. The molecule has 0 radical (unpaired) electrons. The van der Waals surface area contributed by atoms with Crippen LogP contribution in [0.5, 0.6) is 0 Å². The number of alkyl halides is 1. The van der Waals surface area contributed by atoms with Gasteiger partial charge in [-0.15, -0.1) is 11.6 Å². The molecule has 1 amide bonds. The van der Waals surface area contributed by atoms with Gasteiger partial charge in [0.15, 0.2) is 11.6 Å². The maximum atomic E-state index is 13.7. The van der Waals surface area contributed by atoms with E-state index in [1.165, 1.54) is 18.6 Å². The van der Waals surface area contributed by atoms with Gasteiger partial charge < -0.3 is 4.90 Å². The molecular weight excluding hydrogens is 296 g/mol. The van der Waals surface area contributed by atoms with Crippen LogP contribution in [0.15, 0.2) is 18.2 Å². The second kappa shape index (κ2) is 7.74. The summed E-state index contributed by atoms with van der Waals surface area (Å²) in [6.07, 6.45) is 5.22. The third-order valence-corrected chi connectivity index (χ3v) is 4.20. The van der Waals surface area contributed by atoms with Crippen LogP contribution in [-0.2, 0) is 11.2 Å². The van der Waals surface area contributed by atoms with Gasteiger partial charge in [-0.05, 0) is 18.9 Å². The van der Waals surface area contributed by atoms with Crippen LogP contribution in [0, 0.1) is 11.6 Å². The molecule has 1 aromatic rings. The first-order valence-corrected chi connectivity index (χ1v) is 7.95. The van der Waals surface area contributed by atoms with Gasteiger partial charge >= 0.3 is 0 Å². The highest BCUT2D eigenvalue weighted by Gasteiger charge is 2.25. The van der Waals surface area contributed by atoms with Crippen LogP contribution in [0.2, 0.25) is 0 Å². The maximum Gasteiger partial charge on any atom is 0.227 e. The second-order valence-electron chi connectivity index (χ2n) is 5.46. The third-order valence-electron chi connectivity index (χ3n) is 4.03. The molecule has 1 saturated carbocycles. The number of benzene rings is 1. The van der Waals surface area contributed by atoms with Crippen molar-refractivity contribution in [2.75, 3.05) is 12.4 Å². The van der Waals surface area contributed by atoms with Crippen molar-refractivity contribution < 1.29 is 13.6 Å². The molecule has 2 rings (SSSR count). The Morgan fingerprint density at radius 2 is 1.95 bits per heavy atom. The lowest BCUT2D eigenvalue weighted by Gasteiger charge is -2.34. The van der Waals surface area contributed by atoms with Gasteiger partial charge in [-0.1, -0.05) is 31.4 Å². The Kier molecular flexibility index (Phi) is 5.97. The molecule has 0 bridgehead atoms. The predicted octanol–water partition coefficient (Wildman–Crippen LogP) is 3.91. The van der Waals surface area contributed by atoms with E-state index in [2.05, 4.69) is 0 Å². The first kappa shape index (κ1) is 16.2. The van der Waals surface area contributed by atoms with Gasteiger partial charge in [0, 0.05) is 24.0 Å². The summed E-state index contributed by atoms with van der Waals surface area (Å²) in [6, 6.07) is 4.12. The minimum atomic E-state index is -0.930. The normalized spacial score (nSPS) is 16.0. The molecule has 5 heteroatoms. The quantitative estimate of drug-likeness (QED) is 0.754. The van der Waals surface area contributed by atoms with E-state index in [0.29, 0.717) is 12.4 Å². The Balaban J connectivity index is 2.09. The standard InChI is InChI=1S/C16H20ClF2NO/c17-9-10-20(13-6-2-1-3-7-13)15(21)11-12-5-4-8-14(18)16(12)19/h4-5,8,13H,1-3,6-7,9-11H2. The van der Waals surface area contributed by atoms with Crippen molar-refractivity contribution in [3.63, 3.8) is 0 Å². The summed E-state index contributed by atoms with van der Waals surface area (Å²) >= 11 is 5.79. The van der Waals surface area contributed by atoms with Crippen molar-refractivity contribution in [1.82, 2.24) is 4.90 Å². The second-order valence-corrected chi connectivity index (χ2v) is 5.84. The molecule has 0 heterocycles. The Morgan fingerprint density at radius 1 is 1.24 bits per heavy atom. The van der Waals surface area contributed by atoms with Crippen LogP contribution in [0.4, 0.5) is 8.78 Å². The molecule has 1 aliphatic carbocycles. The molecule has 0 aromatic heterocycles. The molecule has 2 nitrogen and oxygen atoms in total. The lowest BCUT2D eigenvalue weighted by Crippen LogP contribution is -2.43. The van der Waals surface area contributed by atoms with Crippen LogP contribution >= 0.6 is 11.6 Å². The Morgan fingerprint density at radius 3 is 2.62 bits per heavy atom. The average molecular weight is 316 g/mol. The molecule has 1 aliphatic rings. The molecule has 0 aliphatic heterocycles. The maximum absolute atomic E-state index is 13.7. The van der Waals surface area contributed by atoms with E-state index in [9.17, 15) is 13.6 Å². The van der Waals surface area contributed by atoms with Crippen LogP contribution in [0.25, 0.3) is 0 Å². The van der Waals surface area contributed by atoms with E-state index in [1.54, 1.807) is 4.90 Å². The number of carbonyl (C=O) groups is 1. The zero-order chi connectivity index (χ0) is 15.2. The van der Waals surface area contributed by atoms with Crippen molar-refractivity contribution in [1.29, 1.82) is 0 Å². The summed E-state index contributed by atoms with van der Waals surface area (Å²) in [7, 11) is 0. The SMILES string of the molecule is O=C(Cc1cccc(F)c1F)N(CCCl)C1CCCCC1. The van der Waals surface area contributed by atoms with Crippen molar-refractivity contribution in [2.45, 2.75) is 44.6 Å². The molecule has 1 aromatic carbocycles. The van der Waals surface area contributed by atoms with Gasteiger partial charge in [-0.3, -0.25) is 4.79 Å². The van der Waals surface area contributed by atoms with Gasteiger partial charge in [0.1, 0.15) is 0 Å². The summed E-state index contributed by atoms with van der Waals surface area (Å²) in [4.78, 5) is 14.2. The summed E-state index contributed by atoms with van der Waals surface area (Å²) in [5, 5.41) is 0. The average Bonchev–Trinajstić information content (AvgIpc) is 2.50. The number of hydrogen-bond acceptors (Lipinski definition) is 1. The highest BCUT2D eigenvalue weighted by Crippen LogP contribution is 2.23. The highest BCUT2D eigenvalue weighted by molar-refractivity contribution is 6.18. The van der Waals surface area contributed by atoms with E-state index >= 15 is 0 Å². The monoisotopic (exact) mass is 315 g/mol. The van der Waals surface area contributed by atoms with Crippen molar-refractivity contribution in [3.05, 3.63) is 35.4 Å². The number of halogens is 3. The topological polar surface area (TPSA) is 20.3 Å².